The molecule has 2 aliphatic rings. The third-order valence-corrected chi connectivity index (χ3v) is 5.20. The van der Waals surface area contributed by atoms with Crippen LogP contribution in [0.25, 0.3) is 0 Å². The second-order valence-corrected chi connectivity index (χ2v) is 6.47. The molecule has 2 aliphatic carbocycles. The monoisotopic (exact) mass is 235 g/mol. The summed E-state index contributed by atoms with van der Waals surface area (Å²) >= 11 is 2.04. The Bertz CT molecular complexity index is 343. The van der Waals surface area contributed by atoms with Gasteiger partial charge in [-0.2, -0.15) is 0 Å². The van der Waals surface area contributed by atoms with Crippen LogP contribution in [0.15, 0.2) is 6.07 Å². The minimum atomic E-state index is 0.775. The highest BCUT2D eigenvalue weighted by Gasteiger charge is 2.29. The standard InChI is InChI=1S/C14H21NS/c1-2-13(10-6-7-10)15-9-12-8-11-4-3-5-14(11)16-12/h8,10,13,15H,2-7,9H2,1H3. The lowest BCUT2D eigenvalue weighted by Gasteiger charge is -2.15. The van der Waals surface area contributed by atoms with Crippen molar-refractivity contribution < 1.29 is 0 Å². The Morgan fingerprint density at radius 2 is 2.31 bits per heavy atom. The highest BCUT2D eigenvalue weighted by Crippen LogP contribution is 2.35. The average molecular weight is 235 g/mol. The van der Waals surface area contributed by atoms with Crippen LogP contribution in [0, 0.1) is 5.92 Å². The topological polar surface area (TPSA) is 12.0 Å². The second-order valence-electron chi connectivity index (χ2n) is 5.25. The molecule has 1 atom stereocenters. The third-order valence-electron chi connectivity index (χ3n) is 3.97. The first-order valence-corrected chi connectivity index (χ1v) is 7.52. The van der Waals surface area contributed by atoms with Gasteiger partial charge >= 0.3 is 0 Å². The SMILES string of the molecule is CCC(NCc1cc2c(s1)CCC2)C1CC1. The fourth-order valence-corrected chi connectivity index (χ4v) is 4.06. The molecule has 16 heavy (non-hydrogen) atoms. The number of thiophene rings is 1. The fraction of sp³-hybridized carbons (Fsp3) is 0.714. The number of hydrogen-bond donors (Lipinski definition) is 1. The van der Waals surface area contributed by atoms with Crippen molar-refractivity contribution >= 4 is 11.3 Å². The van der Waals surface area contributed by atoms with Crippen LogP contribution >= 0.6 is 11.3 Å². The Morgan fingerprint density at radius 1 is 1.44 bits per heavy atom. The summed E-state index contributed by atoms with van der Waals surface area (Å²) in [5.74, 6) is 0.983. The molecule has 88 valence electrons. The Kier molecular flexibility index (Phi) is 3.03. The van der Waals surface area contributed by atoms with Crippen molar-refractivity contribution in [2.45, 2.75) is 58.0 Å². The van der Waals surface area contributed by atoms with Gasteiger partial charge in [0.15, 0.2) is 0 Å². The number of hydrogen-bond acceptors (Lipinski definition) is 2. The van der Waals surface area contributed by atoms with E-state index in [1.165, 1.54) is 38.5 Å². The summed E-state index contributed by atoms with van der Waals surface area (Å²) in [7, 11) is 0. The first-order chi connectivity index (χ1) is 7.86. The van der Waals surface area contributed by atoms with Crippen molar-refractivity contribution in [3.63, 3.8) is 0 Å². The molecule has 0 bridgehead atoms. The summed E-state index contributed by atoms with van der Waals surface area (Å²) < 4.78 is 0. The molecule has 1 N–H and O–H groups in total. The Morgan fingerprint density at radius 3 is 3.00 bits per heavy atom. The van der Waals surface area contributed by atoms with Gasteiger partial charge in [-0.05, 0) is 56.1 Å². The van der Waals surface area contributed by atoms with Gasteiger partial charge in [-0.3, -0.25) is 0 Å². The second kappa shape index (κ2) is 4.50. The summed E-state index contributed by atoms with van der Waals surface area (Å²) in [6, 6.07) is 3.22. The Hall–Kier alpha value is -0.340. The lowest BCUT2D eigenvalue weighted by molar-refractivity contribution is 0.451. The molecule has 0 saturated heterocycles. The normalized spacial score (nSPS) is 21.1. The molecule has 1 aromatic heterocycles. The maximum Gasteiger partial charge on any atom is 0.0302 e. The first kappa shape index (κ1) is 10.8. The van der Waals surface area contributed by atoms with Crippen molar-refractivity contribution in [1.82, 2.24) is 5.32 Å². The zero-order valence-electron chi connectivity index (χ0n) is 10.1. The van der Waals surface area contributed by atoms with Gasteiger partial charge in [0.2, 0.25) is 0 Å². The van der Waals surface area contributed by atoms with Crippen LogP contribution in [-0.4, -0.2) is 6.04 Å². The van der Waals surface area contributed by atoms with Gasteiger partial charge in [0, 0.05) is 22.3 Å². The van der Waals surface area contributed by atoms with Crippen LogP contribution in [0.5, 0.6) is 0 Å². The number of fused-ring (bicyclic) bond motifs is 1. The van der Waals surface area contributed by atoms with Gasteiger partial charge in [-0.15, -0.1) is 11.3 Å². The van der Waals surface area contributed by atoms with E-state index >= 15 is 0 Å². The molecular weight excluding hydrogens is 214 g/mol. The number of aryl methyl sites for hydroxylation is 2. The van der Waals surface area contributed by atoms with E-state index in [0.717, 1.165) is 18.5 Å². The first-order valence-electron chi connectivity index (χ1n) is 6.70. The van der Waals surface area contributed by atoms with E-state index < -0.39 is 0 Å². The van der Waals surface area contributed by atoms with E-state index in [1.54, 1.807) is 15.3 Å². The van der Waals surface area contributed by atoms with E-state index in [4.69, 9.17) is 0 Å². The molecule has 1 fully saturated rings. The quantitative estimate of drug-likeness (QED) is 0.823. The lowest BCUT2D eigenvalue weighted by atomic mass is 10.1. The minimum absolute atomic E-state index is 0.775. The van der Waals surface area contributed by atoms with Crippen LogP contribution in [0.3, 0.4) is 0 Å². The molecule has 1 heterocycles. The van der Waals surface area contributed by atoms with Crippen LogP contribution in [0.4, 0.5) is 0 Å². The highest BCUT2D eigenvalue weighted by atomic mass is 32.1. The van der Waals surface area contributed by atoms with Crippen molar-refractivity contribution in [3.8, 4) is 0 Å². The average Bonchev–Trinajstić information content (AvgIpc) is 2.88. The van der Waals surface area contributed by atoms with Crippen molar-refractivity contribution in [3.05, 3.63) is 21.4 Å². The maximum atomic E-state index is 3.75. The number of nitrogens with one attached hydrogen (secondary N) is 1. The van der Waals surface area contributed by atoms with Crippen LogP contribution < -0.4 is 5.32 Å². The van der Waals surface area contributed by atoms with E-state index in [2.05, 4.69) is 18.3 Å². The summed E-state index contributed by atoms with van der Waals surface area (Å²) in [5.41, 5.74) is 1.64. The molecule has 0 aromatic carbocycles. The van der Waals surface area contributed by atoms with Gasteiger partial charge in [-0.25, -0.2) is 0 Å². The maximum absolute atomic E-state index is 3.75. The van der Waals surface area contributed by atoms with Crippen molar-refractivity contribution in [2.24, 2.45) is 5.92 Å². The summed E-state index contributed by atoms with van der Waals surface area (Å²) in [6.07, 6.45) is 8.23. The summed E-state index contributed by atoms with van der Waals surface area (Å²) in [6.45, 7) is 3.41. The van der Waals surface area contributed by atoms with E-state index in [9.17, 15) is 0 Å². The summed E-state index contributed by atoms with van der Waals surface area (Å²) in [4.78, 5) is 3.22. The van der Waals surface area contributed by atoms with Crippen LogP contribution in [0.1, 0.15) is 47.9 Å². The predicted octanol–water partition coefficient (Wildman–Crippen LogP) is 3.52. The Labute approximate surface area is 102 Å². The molecule has 0 spiro atoms. The molecule has 0 amide bonds. The smallest absolute Gasteiger partial charge is 0.0302 e. The molecule has 1 saturated carbocycles. The van der Waals surface area contributed by atoms with Gasteiger partial charge in [0.05, 0.1) is 0 Å². The molecule has 2 heteroatoms. The van der Waals surface area contributed by atoms with Crippen molar-refractivity contribution in [2.75, 3.05) is 0 Å². The predicted molar refractivity (Wildman–Crippen MR) is 70.0 cm³/mol. The van der Waals surface area contributed by atoms with Gasteiger partial charge in [-0.1, -0.05) is 6.92 Å². The third kappa shape index (κ3) is 2.18. The van der Waals surface area contributed by atoms with E-state index in [0.29, 0.717) is 0 Å². The van der Waals surface area contributed by atoms with Crippen LogP contribution in [-0.2, 0) is 19.4 Å². The molecule has 3 rings (SSSR count). The molecule has 0 radical (unpaired) electrons. The van der Waals surface area contributed by atoms with E-state index in [-0.39, 0.29) is 0 Å². The zero-order chi connectivity index (χ0) is 11.0. The van der Waals surface area contributed by atoms with Crippen molar-refractivity contribution in [1.29, 1.82) is 0 Å². The van der Waals surface area contributed by atoms with E-state index in [1.807, 2.05) is 11.3 Å². The fourth-order valence-electron chi connectivity index (χ4n) is 2.85. The van der Waals surface area contributed by atoms with Gasteiger partial charge < -0.3 is 5.32 Å². The van der Waals surface area contributed by atoms with Gasteiger partial charge in [0.1, 0.15) is 0 Å². The molecule has 1 aromatic rings. The highest BCUT2D eigenvalue weighted by molar-refractivity contribution is 7.12. The minimum Gasteiger partial charge on any atom is -0.309 e. The largest absolute Gasteiger partial charge is 0.309 e. The van der Waals surface area contributed by atoms with Gasteiger partial charge in [0.25, 0.3) is 0 Å². The molecule has 1 nitrogen and oxygen atoms in total. The number of rotatable bonds is 5. The Balaban J connectivity index is 1.57. The van der Waals surface area contributed by atoms with Crippen LogP contribution in [0.2, 0.25) is 0 Å². The molecule has 0 aliphatic heterocycles. The zero-order valence-corrected chi connectivity index (χ0v) is 10.9. The summed E-state index contributed by atoms with van der Waals surface area (Å²) in [5, 5.41) is 3.75. The lowest BCUT2D eigenvalue weighted by Crippen LogP contribution is -2.29. The molecular formula is C14H21NS. The molecule has 1 unspecified atom stereocenters.